The van der Waals surface area contributed by atoms with E-state index >= 15 is 0 Å². The zero-order valence-corrected chi connectivity index (χ0v) is 14.0. The standard InChI is InChI=1S/C18H14O6S/c1-25(22,23)14-4-2-12(3-5-14)17(21)15-9-11(10-16(19)20)8-13-6-7-24-18(13)15/h2-9H,10H2,1H3,(H,19,20). The predicted octanol–water partition coefficient (Wildman–Crippen LogP) is 2.69. The lowest BCUT2D eigenvalue weighted by Gasteiger charge is -2.06. The second kappa shape index (κ2) is 6.18. The number of fused-ring (bicyclic) bond motifs is 1. The molecule has 0 saturated heterocycles. The number of carbonyl (C=O) groups is 2. The lowest BCUT2D eigenvalue weighted by atomic mass is 9.98. The highest BCUT2D eigenvalue weighted by Crippen LogP contribution is 2.25. The van der Waals surface area contributed by atoms with E-state index in [2.05, 4.69) is 0 Å². The fourth-order valence-corrected chi connectivity index (χ4v) is 3.23. The van der Waals surface area contributed by atoms with Crippen LogP contribution >= 0.6 is 0 Å². The molecule has 25 heavy (non-hydrogen) atoms. The molecule has 0 aliphatic carbocycles. The molecule has 0 saturated carbocycles. The number of aliphatic carboxylic acids is 1. The minimum Gasteiger partial charge on any atom is -0.481 e. The maximum absolute atomic E-state index is 12.8. The van der Waals surface area contributed by atoms with E-state index < -0.39 is 15.8 Å². The Morgan fingerprint density at radius 3 is 2.36 bits per heavy atom. The number of hydrogen-bond acceptors (Lipinski definition) is 5. The Hall–Kier alpha value is -2.93. The first-order valence-corrected chi connectivity index (χ1v) is 9.21. The predicted molar refractivity (Wildman–Crippen MR) is 90.5 cm³/mol. The molecule has 0 unspecified atom stereocenters. The van der Waals surface area contributed by atoms with Crippen molar-refractivity contribution in [3.63, 3.8) is 0 Å². The summed E-state index contributed by atoms with van der Waals surface area (Å²) < 4.78 is 28.4. The smallest absolute Gasteiger partial charge is 0.307 e. The van der Waals surface area contributed by atoms with Gasteiger partial charge in [-0.25, -0.2) is 8.42 Å². The number of carboxylic acids is 1. The first kappa shape index (κ1) is 16.9. The fourth-order valence-electron chi connectivity index (χ4n) is 2.60. The summed E-state index contributed by atoms with van der Waals surface area (Å²) in [5, 5.41) is 9.61. The first-order valence-electron chi connectivity index (χ1n) is 7.32. The summed E-state index contributed by atoms with van der Waals surface area (Å²) >= 11 is 0. The molecule has 2 aromatic carbocycles. The molecule has 1 aromatic heterocycles. The van der Waals surface area contributed by atoms with Crippen molar-refractivity contribution in [3.05, 3.63) is 65.4 Å². The van der Waals surface area contributed by atoms with Crippen molar-refractivity contribution in [2.45, 2.75) is 11.3 Å². The molecule has 3 aromatic rings. The van der Waals surface area contributed by atoms with E-state index in [1.165, 1.54) is 36.6 Å². The Morgan fingerprint density at radius 1 is 1.08 bits per heavy atom. The Labute approximate surface area is 143 Å². The molecule has 0 amide bonds. The van der Waals surface area contributed by atoms with Crippen LogP contribution in [0.1, 0.15) is 21.5 Å². The largest absolute Gasteiger partial charge is 0.481 e. The van der Waals surface area contributed by atoms with Crippen LogP contribution in [0.3, 0.4) is 0 Å². The summed E-state index contributed by atoms with van der Waals surface area (Å²) in [6, 6.07) is 10.4. The molecule has 0 aliphatic heterocycles. The number of benzene rings is 2. The zero-order chi connectivity index (χ0) is 18.2. The number of ketones is 1. The topological polar surface area (TPSA) is 102 Å². The Bertz CT molecular complexity index is 1070. The molecule has 1 N–H and O–H groups in total. The molecular formula is C18H14O6S. The third-order valence-electron chi connectivity index (χ3n) is 3.76. The van der Waals surface area contributed by atoms with Crippen LogP contribution in [0, 0.1) is 0 Å². The van der Waals surface area contributed by atoms with E-state index in [0.717, 1.165) is 6.26 Å². The maximum Gasteiger partial charge on any atom is 0.307 e. The van der Waals surface area contributed by atoms with Crippen molar-refractivity contribution >= 4 is 32.6 Å². The van der Waals surface area contributed by atoms with Gasteiger partial charge in [-0.05, 0) is 48.0 Å². The van der Waals surface area contributed by atoms with Crippen molar-refractivity contribution in [3.8, 4) is 0 Å². The SMILES string of the molecule is CS(=O)(=O)c1ccc(C(=O)c2cc(CC(=O)O)cc3ccoc23)cc1. The molecule has 0 radical (unpaired) electrons. The van der Waals surface area contributed by atoms with Gasteiger partial charge in [-0.1, -0.05) is 0 Å². The van der Waals surface area contributed by atoms with Gasteiger partial charge in [0.05, 0.1) is 23.1 Å². The van der Waals surface area contributed by atoms with Gasteiger partial charge in [-0.15, -0.1) is 0 Å². The molecular weight excluding hydrogens is 344 g/mol. The summed E-state index contributed by atoms with van der Waals surface area (Å²) in [6.07, 6.45) is 2.30. The van der Waals surface area contributed by atoms with Crippen LogP contribution < -0.4 is 0 Å². The molecule has 0 fully saturated rings. The van der Waals surface area contributed by atoms with Gasteiger partial charge >= 0.3 is 5.97 Å². The lowest BCUT2D eigenvalue weighted by molar-refractivity contribution is -0.136. The van der Waals surface area contributed by atoms with Crippen molar-refractivity contribution in [1.82, 2.24) is 0 Å². The second-order valence-corrected chi connectivity index (χ2v) is 7.69. The highest BCUT2D eigenvalue weighted by atomic mass is 32.2. The van der Waals surface area contributed by atoms with Gasteiger partial charge in [0.2, 0.25) is 0 Å². The number of rotatable bonds is 5. The Balaban J connectivity index is 2.07. The van der Waals surface area contributed by atoms with E-state index in [4.69, 9.17) is 9.52 Å². The normalized spacial score (nSPS) is 11.6. The van der Waals surface area contributed by atoms with Gasteiger partial charge < -0.3 is 9.52 Å². The molecule has 7 heteroatoms. The van der Waals surface area contributed by atoms with E-state index in [0.29, 0.717) is 16.5 Å². The van der Waals surface area contributed by atoms with Gasteiger partial charge in [0, 0.05) is 17.2 Å². The average Bonchev–Trinajstić information content (AvgIpc) is 3.00. The highest BCUT2D eigenvalue weighted by molar-refractivity contribution is 7.90. The average molecular weight is 358 g/mol. The number of furan rings is 1. The minimum absolute atomic E-state index is 0.117. The number of carbonyl (C=O) groups excluding carboxylic acids is 1. The van der Waals surface area contributed by atoms with Crippen LogP contribution in [-0.4, -0.2) is 31.5 Å². The van der Waals surface area contributed by atoms with Crippen molar-refractivity contribution in [2.24, 2.45) is 0 Å². The Morgan fingerprint density at radius 2 is 1.76 bits per heavy atom. The highest BCUT2D eigenvalue weighted by Gasteiger charge is 2.18. The van der Waals surface area contributed by atoms with Crippen LogP contribution in [0.5, 0.6) is 0 Å². The summed E-state index contributed by atoms with van der Waals surface area (Å²) in [5.41, 5.74) is 1.38. The monoisotopic (exact) mass is 358 g/mol. The number of carboxylic acid groups (broad SMARTS) is 1. The van der Waals surface area contributed by atoms with E-state index in [1.807, 2.05) is 0 Å². The fraction of sp³-hybridized carbons (Fsp3) is 0.111. The van der Waals surface area contributed by atoms with Crippen LogP contribution in [0.4, 0.5) is 0 Å². The molecule has 128 valence electrons. The van der Waals surface area contributed by atoms with Crippen LogP contribution in [0.25, 0.3) is 11.0 Å². The van der Waals surface area contributed by atoms with Crippen molar-refractivity contribution < 1.29 is 27.5 Å². The first-order chi connectivity index (χ1) is 11.8. The van der Waals surface area contributed by atoms with Crippen molar-refractivity contribution in [1.29, 1.82) is 0 Å². The molecule has 3 rings (SSSR count). The minimum atomic E-state index is -3.35. The third kappa shape index (κ3) is 3.46. The lowest BCUT2D eigenvalue weighted by Crippen LogP contribution is -2.06. The molecule has 0 atom stereocenters. The van der Waals surface area contributed by atoms with Crippen LogP contribution in [0.2, 0.25) is 0 Å². The van der Waals surface area contributed by atoms with Crippen molar-refractivity contribution in [2.75, 3.05) is 6.26 Å². The van der Waals surface area contributed by atoms with E-state index in [9.17, 15) is 18.0 Å². The quantitative estimate of drug-likeness (QED) is 0.704. The summed E-state index contributed by atoms with van der Waals surface area (Å²) in [5.74, 6) is -1.37. The summed E-state index contributed by atoms with van der Waals surface area (Å²) in [4.78, 5) is 23.9. The Kier molecular flexibility index (Phi) is 4.18. The van der Waals surface area contributed by atoms with Crippen LogP contribution in [0.15, 0.2) is 58.0 Å². The van der Waals surface area contributed by atoms with E-state index in [-0.39, 0.29) is 28.2 Å². The molecule has 6 nitrogen and oxygen atoms in total. The number of sulfone groups is 1. The molecule has 0 aliphatic rings. The van der Waals surface area contributed by atoms with Gasteiger partial charge in [0.1, 0.15) is 5.58 Å². The third-order valence-corrected chi connectivity index (χ3v) is 4.88. The van der Waals surface area contributed by atoms with Crippen LogP contribution in [-0.2, 0) is 21.1 Å². The molecule has 1 heterocycles. The molecule has 0 bridgehead atoms. The maximum atomic E-state index is 12.8. The molecule has 0 spiro atoms. The zero-order valence-electron chi connectivity index (χ0n) is 13.2. The van der Waals surface area contributed by atoms with E-state index in [1.54, 1.807) is 12.1 Å². The summed E-state index contributed by atoms with van der Waals surface area (Å²) in [7, 11) is -3.35. The summed E-state index contributed by atoms with van der Waals surface area (Å²) in [6.45, 7) is 0. The number of hydrogen-bond donors (Lipinski definition) is 1. The van der Waals surface area contributed by atoms with Gasteiger partial charge in [-0.3, -0.25) is 9.59 Å². The van der Waals surface area contributed by atoms with Gasteiger partial charge in [0.25, 0.3) is 0 Å². The second-order valence-electron chi connectivity index (χ2n) is 5.68. The van der Waals surface area contributed by atoms with Gasteiger partial charge in [0.15, 0.2) is 15.6 Å². The van der Waals surface area contributed by atoms with Gasteiger partial charge in [-0.2, -0.15) is 0 Å².